The van der Waals surface area contributed by atoms with Gasteiger partial charge in [0.05, 0.1) is 13.2 Å². The fourth-order valence-electron chi connectivity index (χ4n) is 4.16. The molecule has 1 aromatic heterocycles. The molecule has 1 saturated heterocycles. The number of hydrogen-bond donors (Lipinski definition) is 0. The lowest BCUT2D eigenvalue weighted by Crippen LogP contribution is -2.29. The van der Waals surface area contributed by atoms with Gasteiger partial charge in [-0.15, -0.1) is 0 Å². The minimum absolute atomic E-state index is 0.0251. The van der Waals surface area contributed by atoms with Crippen LogP contribution in [0.2, 0.25) is 0 Å². The van der Waals surface area contributed by atoms with Gasteiger partial charge in [-0.1, -0.05) is 31.2 Å². The maximum Gasteiger partial charge on any atom is 0.436 e. The molecule has 0 bridgehead atoms. The largest absolute Gasteiger partial charge is 0.462 e. The first-order valence-corrected chi connectivity index (χ1v) is 9.87. The minimum atomic E-state index is -4.75. The lowest BCUT2D eigenvalue weighted by molar-refractivity contribution is -0.142. The zero-order valence-electron chi connectivity index (χ0n) is 16.6. The van der Waals surface area contributed by atoms with E-state index in [1.807, 2.05) is 17.0 Å². The Morgan fingerprint density at radius 2 is 1.83 bits per heavy atom. The molecule has 1 amide bonds. The predicted molar refractivity (Wildman–Crippen MR) is 100 cm³/mol. The van der Waals surface area contributed by atoms with Gasteiger partial charge in [0.2, 0.25) is 5.91 Å². The van der Waals surface area contributed by atoms with Gasteiger partial charge in [-0.25, -0.2) is 4.79 Å². The second-order valence-corrected chi connectivity index (χ2v) is 7.89. The average Bonchev–Trinajstić information content (AvgIpc) is 3.01. The van der Waals surface area contributed by atoms with Crippen molar-refractivity contribution in [1.29, 1.82) is 0 Å². The van der Waals surface area contributed by atoms with Crippen LogP contribution in [0.15, 0.2) is 30.5 Å². The molecule has 3 atom stereocenters. The lowest BCUT2D eigenvalue weighted by atomic mass is 10.1. The summed E-state index contributed by atoms with van der Waals surface area (Å²) >= 11 is 0. The summed E-state index contributed by atoms with van der Waals surface area (Å²) in [5.41, 5.74) is -0.154. The van der Waals surface area contributed by atoms with Gasteiger partial charge >= 0.3 is 12.1 Å². The van der Waals surface area contributed by atoms with Crippen LogP contribution >= 0.6 is 0 Å². The van der Waals surface area contributed by atoms with Gasteiger partial charge in [-0.2, -0.15) is 18.3 Å². The maximum absolute atomic E-state index is 13.2. The quantitative estimate of drug-likeness (QED) is 0.671. The highest BCUT2D eigenvalue weighted by Crippen LogP contribution is 2.52. The molecule has 160 valence electrons. The van der Waals surface area contributed by atoms with Crippen LogP contribution in [0.5, 0.6) is 0 Å². The molecule has 1 aromatic carbocycles. The van der Waals surface area contributed by atoms with Crippen LogP contribution in [-0.2, 0) is 28.8 Å². The Bertz CT molecular complexity index is 968. The zero-order valence-corrected chi connectivity index (χ0v) is 16.6. The number of rotatable bonds is 6. The number of fused-ring (bicyclic) bond motifs is 1. The Balaban J connectivity index is 1.44. The number of halogens is 3. The summed E-state index contributed by atoms with van der Waals surface area (Å²) in [6.45, 7) is 5.00. The molecule has 6 nitrogen and oxygen atoms in total. The summed E-state index contributed by atoms with van der Waals surface area (Å²) in [6.07, 6.45) is -3.69. The summed E-state index contributed by atoms with van der Waals surface area (Å²) in [4.78, 5) is 26.0. The van der Waals surface area contributed by atoms with Gasteiger partial charge < -0.3 is 9.64 Å². The van der Waals surface area contributed by atoms with Crippen molar-refractivity contribution in [2.45, 2.75) is 33.1 Å². The number of likely N-dealkylation sites (tertiary alicyclic amines) is 1. The van der Waals surface area contributed by atoms with Crippen LogP contribution < -0.4 is 0 Å². The first kappa shape index (κ1) is 20.4. The Kier molecular flexibility index (Phi) is 5.07. The third-order valence-corrected chi connectivity index (χ3v) is 5.86. The number of carbonyl (C=O) groups is 2. The molecule has 1 aliphatic carbocycles. The summed E-state index contributed by atoms with van der Waals surface area (Å²) in [5.74, 6) is 0.313. The number of piperidine rings is 1. The molecule has 0 radical (unpaired) electrons. The normalized spacial score (nSPS) is 22.9. The molecule has 2 aliphatic rings. The van der Waals surface area contributed by atoms with E-state index in [1.165, 1.54) is 6.92 Å². The van der Waals surface area contributed by atoms with Crippen molar-refractivity contribution in [3.63, 3.8) is 0 Å². The summed E-state index contributed by atoms with van der Waals surface area (Å²) < 4.78 is 45.4. The van der Waals surface area contributed by atoms with Crippen molar-refractivity contribution < 1.29 is 27.5 Å². The number of alkyl halides is 3. The second kappa shape index (κ2) is 7.45. The van der Waals surface area contributed by atoms with E-state index in [9.17, 15) is 22.8 Å². The van der Waals surface area contributed by atoms with Crippen LogP contribution in [0.25, 0.3) is 0 Å². The number of ether oxygens (including phenoxy) is 1. The molecule has 2 fully saturated rings. The molecule has 1 aliphatic heterocycles. The van der Waals surface area contributed by atoms with Crippen molar-refractivity contribution >= 4 is 11.9 Å². The maximum atomic E-state index is 13.2. The Morgan fingerprint density at radius 1 is 1.20 bits per heavy atom. The number of nitrogens with zero attached hydrogens (tertiary/aromatic N) is 3. The average molecular weight is 421 g/mol. The van der Waals surface area contributed by atoms with Gasteiger partial charge in [-0.05, 0) is 29.9 Å². The molecule has 2 aromatic rings. The number of carbonyl (C=O) groups excluding carboxylic acids is 2. The summed E-state index contributed by atoms with van der Waals surface area (Å²) in [7, 11) is 0. The third-order valence-electron chi connectivity index (χ3n) is 5.86. The third kappa shape index (κ3) is 3.80. The molecular formula is C21H22F3N3O3. The summed E-state index contributed by atoms with van der Waals surface area (Å²) in [5, 5.41) is 3.55. The zero-order chi connectivity index (χ0) is 21.6. The minimum Gasteiger partial charge on any atom is -0.462 e. The van der Waals surface area contributed by atoms with E-state index < -0.39 is 23.4 Å². The van der Waals surface area contributed by atoms with Crippen LogP contribution in [0, 0.1) is 17.8 Å². The van der Waals surface area contributed by atoms with E-state index in [0.717, 1.165) is 28.6 Å². The highest BCUT2D eigenvalue weighted by Gasteiger charge is 2.58. The number of hydrogen-bond acceptors (Lipinski definition) is 4. The topological polar surface area (TPSA) is 64.4 Å². The molecule has 1 saturated carbocycles. The fourth-order valence-corrected chi connectivity index (χ4v) is 4.16. The Morgan fingerprint density at radius 3 is 2.37 bits per heavy atom. The van der Waals surface area contributed by atoms with Crippen LogP contribution in [0.1, 0.15) is 41.0 Å². The molecule has 0 spiro atoms. The van der Waals surface area contributed by atoms with Gasteiger partial charge in [0.25, 0.3) is 0 Å². The van der Waals surface area contributed by atoms with Gasteiger partial charge in [-0.3, -0.25) is 9.48 Å². The fraction of sp³-hybridized carbons (Fsp3) is 0.476. The van der Waals surface area contributed by atoms with E-state index in [-0.39, 0.29) is 25.0 Å². The van der Waals surface area contributed by atoms with Crippen LogP contribution in [0.3, 0.4) is 0 Å². The number of aromatic nitrogens is 2. The monoisotopic (exact) mass is 421 g/mol. The van der Waals surface area contributed by atoms with Crippen molar-refractivity contribution in [3.05, 3.63) is 52.8 Å². The van der Waals surface area contributed by atoms with E-state index in [2.05, 4.69) is 12.0 Å². The van der Waals surface area contributed by atoms with Crippen LogP contribution in [0.4, 0.5) is 13.2 Å². The SMILES string of the molecule is CCOC(=O)c1cn(Cc2ccc(CN3CC4C(C)C4C3=O)cc2)nc1C(F)(F)F. The smallest absolute Gasteiger partial charge is 0.436 e. The second-order valence-electron chi connectivity index (χ2n) is 7.89. The lowest BCUT2D eigenvalue weighted by Gasteiger charge is -2.19. The van der Waals surface area contributed by atoms with E-state index in [4.69, 9.17) is 4.74 Å². The standard InChI is InChI=1S/C21H22F3N3O3/c1-3-30-20(29)16-11-27(25-18(16)21(22,23)24)9-14-6-4-13(5-7-14)8-26-10-15-12(2)17(15)19(26)28/h4-7,11-12,15,17H,3,8-10H2,1-2H3. The van der Waals surface area contributed by atoms with Crippen LogP contribution in [-0.4, -0.2) is 39.7 Å². The molecule has 3 unspecified atom stereocenters. The first-order chi connectivity index (χ1) is 14.2. The highest BCUT2D eigenvalue weighted by molar-refractivity contribution is 5.90. The molecule has 30 heavy (non-hydrogen) atoms. The molecule has 0 N–H and O–H groups in total. The van der Waals surface area contributed by atoms with Crippen molar-refractivity contribution in [2.75, 3.05) is 13.2 Å². The molecule has 4 rings (SSSR count). The Labute approximate surface area is 171 Å². The number of esters is 1. The molecule has 9 heteroatoms. The number of benzene rings is 1. The van der Waals surface area contributed by atoms with Gasteiger partial charge in [0.1, 0.15) is 5.56 Å². The molecular weight excluding hydrogens is 399 g/mol. The Hall–Kier alpha value is -2.84. The van der Waals surface area contributed by atoms with Gasteiger partial charge in [0.15, 0.2) is 5.69 Å². The predicted octanol–water partition coefficient (Wildman–Crippen LogP) is 3.35. The highest BCUT2D eigenvalue weighted by atomic mass is 19.4. The van der Waals surface area contributed by atoms with Crippen molar-refractivity contribution in [3.8, 4) is 0 Å². The van der Waals surface area contributed by atoms with E-state index in [1.54, 1.807) is 12.1 Å². The van der Waals surface area contributed by atoms with Crippen molar-refractivity contribution in [1.82, 2.24) is 14.7 Å². The van der Waals surface area contributed by atoms with Gasteiger partial charge in [0, 0.05) is 25.2 Å². The number of amides is 1. The van der Waals surface area contributed by atoms with E-state index in [0.29, 0.717) is 18.4 Å². The van der Waals surface area contributed by atoms with E-state index >= 15 is 0 Å². The first-order valence-electron chi connectivity index (χ1n) is 9.87. The molecule has 2 heterocycles. The summed E-state index contributed by atoms with van der Waals surface area (Å²) in [6, 6.07) is 7.29. The van der Waals surface area contributed by atoms with Crippen molar-refractivity contribution in [2.24, 2.45) is 17.8 Å².